The van der Waals surface area contributed by atoms with E-state index in [1.54, 1.807) is 28.4 Å². The molecule has 0 radical (unpaired) electrons. The molecular formula is C23H29ClN2O3S. The van der Waals surface area contributed by atoms with E-state index in [4.69, 9.17) is 16.3 Å². The number of benzene rings is 1. The van der Waals surface area contributed by atoms with Crippen LogP contribution in [0.4, 0.5) is 0 Å². The van der Waals surface area contributed by atoms with Crippen molar-refractivity contribution in [2.24, 2.45) is 5.92 Å². The minimum atomic E-state index is -0.166. The van der Waals surface area contributed by atoms with Crippen LogP contribution in [0.1, 0.15) is 43.7 Å². The highest BCUT2D eigenvalue weighted by molar-refractivity contribution is 7.10. The Morgan fingerprint density at radius 1 is 1.30 bits per heavy atom. The van der Waals surface area contributed by atoms with Gasteiger partial charge in [-0.1, -0.05) is 31.9 Å². The van der Waals surface area contributed by atoms with Crippen molar-refractivity contribution in [3.05, 3.63) is 51.2 Å². The van der Waals surface area contributed by atoms with Gasteiger partial charge in [0.15, 0.2) is 0 Å². The van der Waals surface area contributed by atoms with E-state index < -0.39 is 0 Å². The first kappa shape index (κ1) is 22.6. The highest BCUT2D eigenvalue weighted by Crippen LogP contribution is 2.34. The molecule has 2 unspecified atom stereocenters. The van der Waals surface area contributed by atoms with Crippen molar-refractivity contribution in [2.75, 3.05) is 26.2 Å². The van der Waals surface area contributed by atoms with Crippen LogP contribution in [0.3, 0.4) is 0 Å². The van der Waals surface area contributed by atoms with E-state index in [1.807, 2.05) is 17.0 Å². The number of hydrogen-bond acceptors (Lipinski definition) is 4. The molecule has 2 atom stereocenters. The van der Waals surface area contributed by atoms with Crippen molar-refractivity contribution >= 4 is 34.8 Å². The smallest absolute Gasteiger partial charge is 0.242 e. The molecule has 0 N–H and O–H groups in total. The molecule has 0 bridgehead atoms. The van der Waals surface area contributed by atoms with Gasteiger partial charge in [0.05, 0.1) is 12.6 Å². The highest BCUT2D eigenvalue weighted by Gasteiger charge is 2.33. The van der Waals surface area contributed by atoms with E-state index in [9.17, 15) is 9.59 Å². The zero-order valence-electron chi connectivity index (χ0n) is 17.8. The van der Waals surface area contributed by atoms with Crippen molar-refractivity contribution in [3.8, 4) is 5.75 Å². The number of carbonyl (C=O) groups is 2. The van der Waals surface area contributed by atoms with E-state index >= 15 is 0 Å². The molecule has 162 valence electrons. The minimum absolute atomic E-state index is 0.0324. The Hall–Kier alpha value is -2.05. The maximum atomic E-state index is 13.2. The van der Waals surface area contributed by atoms with Gasteiger partial charge in [-0.05, 0) is 53.6 Å². The first-order valence-electron chi connectivity index (χ1n) is 10.4. The SMILES string of the molecule is CCC(C)CN(CC(=O)N1CCc2sccc2C1COc1ccc(Cl)cc1)C(C)=O. The van der Waals surface area contributed by atoms with E-state index in [2.05, 4.69) is 25.3 Å². The third-order valence-corrected chi connectivity index (χ3v) is 6.89. The third-order valence-electron chi connectivity index (χ3n) is 5.64. The van der Waals surface area contributed by atoms with Gasteiger partial charge >= 0.3 is 0 Å². The average Bonchev–Trinajstić information content (AvgIpc) is 3.21. The Kier molecular flexibility index (Phi) is 7.78. The molecule has 3 rings (SSSR count). The molecule has 7 heteroatoms. The summed E-state index contributed by atoms with van der Waals surface area (Å²) in [5, 5.41) is 2.72. The Labute approximate surface area is 187 Å². The quantitative estimate of drug-likeness (QED) is 0.582. The Bertz CT molecular complexity index is 868. The summed E-state index contributed by atoms with van der Waals surface area (Å²) in [4.78, 5) is 30.2. The van der Waals surface area contributed by atoms with Crippen molar-refractivity contribution in [1.82, 2.24) is 9.80 Å². The molecule has 0 spiro atoms. The molecule has 5 nitrogen and oxygen atoms in total. The van der Waals surface area contributed by atoms with Crippen LogP contribution in [0.25, 0.3) is 0 Å². The molecule has 1 aliphatic rings. The van der Waals surface area contributed by atoms with E-state index in [0.717, 1.165) is 24.2 Å². The Morgan fingerprint density at radius 2 is 2.03 bits per heavy atom. The molecule has 0 aliphatic carbocycles. The topological polar surface area (TPSA) is 49.9 Å². The molecule has 2 heterocycles. The molecule has 2 aromatic rings. The van der Waals surface area contributed by atoms with Gasteiger partial charge in [-0.15, -0.1) is 11.3 Å². The predicted octanol–water partition coefficient (Wildman–Crippen LogP) is 4.80. The first-order valence-corrected chi connectivity index (χ1v) is 11.6. The van der Waals surface area contributed by atoms with Crippen LogP contribution >= 0.6 is 22.9 Å². The number of carbonyl (C=O) groups excluding carboxylic acids is 2. The lowest BCUT2D eigenvalue weighted by Crippen LogP contribution is -2.48. The molecule has 1 aromatic carbocycles. The number of hydrogen-bond donors (Lipinski definition) is 0. The van der Waals surface area contributed by atoms with Gasteiger partial charge in [-0.3, -0.25) is 9.59 Å². The third kappa shape index (κ3) is 5.55. The maximum absolute atomic E-state index is 13.2. The average molecular weight is 449 g/mol. The van der Waals surface area contributed by atoms with Crippen molar-refractivity contribution < 1.29 is 14.3 Å². The standard InChI is InChI=1S/C23H29ClN2O3S/c1-4-16(2)13-25(17(3)27)14-23(28)26-11-9-22-20(10-12-30-22)21(26)15-29-19-7-5-18(24)6-8-19/h5-8,10,12,16,21H,4,9,11,13-15H2,1-3H3. The fourth-order valence-corrected chi connectivity index (χ4v) is 4.70. The molecular weight excluding hydrogens is 420 g/mol. The van der Waals surface area contributed by atoms with Crippen molar-refractivity contribution in [2.45, 2.75) is 39.7 Å². The molecule has 2 amide bonds. The second-order valence-corrected chi connectivity index (χ2v) is 9.27. The monoisotopic (exact) mass is 448 g/mol. The van der Waals surface area contributed by atoms with E-state index in [1.165, 1.54) is 11.8 Å². The lowest BCUT2D eigenvalue weighted by molar-refractivity contribution is -0.142. The summed E-state index contributed by atoms with van der Waals surface area (Å²) >= 11 is 7.68. The highest BCUT2D eigenvalue weighted by atomic mass is 35.5. The number of rotatable bonds is 8. The van der Waals surface area contributed by atoms with E-state index in [-0.39, 0.29) is 24.4 Å². The second kappa shape index (κ2) is 10.3. The van der Waals surface area contributed by atoms with Crippen LogP contribution in [-0.2, 0) is 16.0 Å². The van der Waals surface area contributed by atoms with Crippen molar-refractivity contribution in [1.29, 1.82) is 0 Å². The van der Waals surface area contributed by atoms with Gasteiger partial charge in [0.2, 0.25) is 11.8 Å². The van der Waals surface area contributed by atoms with Gasteiger partial charge in [0, 0.05) is 29.9 Å². The second-order valence-electron chi connectivity index (χ2n) is 7.83. The van der Waals surface area contributed by atoms with Gasteiger partial charge in [-0.25, -0.2) is 0 Å². The van der Waals surface area contributed by atoms with Gasteiger partial charge in [0.25, 0.3) is 0 Å². The summed E-state index contributed by atoms with van der Waals surface area (Å²) in [5.74, 6) is 0.979. The van der Waals surface area contributed by atoms with Crippen LogP contribution in [0.2, 0.25) is 5.02 Å². The normalized spacial score (nSPS) is 16.7. The summed E-state index contributed by atoms with van der Waals surface area (Å²) in [5.41, 5.74) is 1.14. The lowest BCUT2D eigenvalue weighted by atomic mass is 10.00. The van der Waals surface area contributed by atoms with Crippen molar-refractivity contribution in [3.63, 3.8) is 0 Å². The Morgan fingerprint density at radius 3 is 2.70 bits per heavy atom. The van der Waals surface area contributed by atoms with Gasteiger partial charge in [0.1, 0.15) is 12.4 Å². The molecule has 0 saturated carbocycles. The summed E-state index contributed by atoms with van der Waals surface area (Å²) in [6.07, 6.45) is 1.80. The minimum Gasteiger partial charge on any atom is -0.491 e. The van der Waals surface area contributed by atoms with Gasteiger partial charge in [-0.2, -0.15) is 0 Å². The van der Waals surface area contributed by atoms with E-state index in [0.29, 0.717) is 30.6 Å². The number of thiophene rings is 1. The van der Waals surface area contributed by atoms with Crippen LogP contribution < -0.4 is 4.74 Å². The molecule has 0 fully saturated rings. The largest absolute Gasteiger partial charge is 0.491 e. The van der Waals surface area contributed by atoms with Crippen LogP contribution in [0.15, 0.2) is 35.7 Å². The molecule has 1 aromatic heterocycles. The zero-order chi connectivity index (χ0) is 21.7. The Balaban J connectivity index is 1.74. The fourth-order valence-electron chi connectivity index (χ4n) is 3.64. The number of amides is 2. The maximum Gasteiger partial charge on any atom is 0.242 e. The molecule has 1 aliphatic heterocycles. The number of halogens is 1. The summed E-state index contributed by atoms with van der Waals surface area (Å²) in [6.45, 7) is 7.43. The lowest BCUT2D eigenvalue weighted by Gasteiger charge is -2.37. The van der Waals surface area contributed by atoms with Crippen LogP contribution in [-0.4, -0.2) is 47.9 Å². The zero-order valence-corrected chi connectivity index (χ0v) is 19.3. The molecule has 30 heavy (non-hydrogen) atoms. The summed E-state index contributed by atoms with van der Waals surface area (Å²) < 4.78 is 6.01. The molecule has 0 saturated heterocycles. The summed E-state index contributed by atoms with van der Waals surface area (Å²) in [7, 11) is 0. The number of ether oxygens (including phenoxy) is 1. The number of fused-ring (bicyclic) bond motifs is 1. The first-order chi connectivity index (χ1) is 14.4. The number of nitrogens with zero attached hydrogens (tertiary/aromatic N) is 2. The predicted molar refractivity (Wildman–Crippen MR) is 121 cm³/mol. The van der Waals surface area contributed by atoms with Crippen LogP contribution in [0, 0.1) is 5.92 Å². The van der Waals surface area contributed by atoms with Gasteiger partial charge < -0.3 is 14.5 Å². The summed E-state index contributed by atoms with van der Waals surface area (Å²) in [6, 6.07) is 9.15. The van der Waals surface area contributed by atoms with Crippen LogP contribution in [0.5, 0.6) is 5.75 Å². The fraction of sp³-hybridized carbons (Fsp3) is 0.478.